The van der Waals surface area contributed by atoms with Crippen LogP contribution in [0.2, 0.25) is 0 Å². The van der Waals surface area contributed by atoms with Gasteiger partial charge in [-0.15, -0.1) is 11.3 Å². The van der Waals surface area contributed by atoms with E-state index in [9.17, 15) is 0 Å². The molecule has 0 saturated carbocycles. The van der Waals surface area contributed by atoms with Crippen LogP contribution in [0, 0.1) is 0 Å². The first-order valence-corrected chi connectivity index (χ1v) is 16.9. The lowest BCUT2D eigenvalue weighted by Gasteiger charge is -2.22. The number of thiophene rings is 1. The first kappa shape index (κ1) is 26.6. The lowest BCUT2D eigenvalue weighted by molar-refractivity contribution is 0.667. The number of nitrogens with zero attached hydrogens (tertiary/aromatic N) is 3. The van der Waals surface area contributed by atoms with Crippen molar-refractivity contribution in [3.05, 3.63) is 151 Å². The van der Waals surface area contributed by atoms with Crippen LogP contribution in [0.15, 0.2) is 140 Å². The highest BCUT2D eigenvalue weighted by atomic mass is 32.1. The summed E-state index contributed by atoms with van der Waals surface area (Å²) in [6.07, 6.45) is 0. The van der Waals surface area contributed by atoms with Crippen LogP contribution in [0.3, 0.4) is 0 Å². The molecule has 3 heterocycles. The van der Waals surface area contributed by atoms with Crippen molar-refractivity contribution in [3.63, 3.8) is 0 Å². The Labute approximate surface area is 276 Å². The molecule has 0 radical (unpaired) electrons. The van der Waals surface area contributed by atoms with Crippen molar-refractivity contribution in [1.82, 2.24) is 14.5 Å². The minimum absolute atomic E-state index is 0.146. The fourth-order valence-corrected chi connectivity index (χ4v) is 9.34. The predicted molar refractivity (Wildman–Crippen MR) is 198 cm³/mol. The molecule has 1 aliphatic rings. The summed E-state index contributed by atoms with van der Waals surface area (Å²) < 4.78 is 4.99. The van der Waals surface area contributed by atoms with Gasteiger partial charge in [0.05, 0.1) is 22.4 Å². The summed E-state index contributed by atoms with van der Waals surface area (Å²) >= 11 is 1.91. The third kappa shape index (κ3) is 3.67. The number of rotatable bonds is 3. The van der Waals surface area contributed by atoms with Gasteiger partial charge in [0, 0.05) is 47.5 Å². The second-order valence-corrected chi connectivity index (χ2v) is 14.0. The fraction of sp³-hybridized carbons (Fsp3) is 0.0698. The van der Waals surface area contributed by atoms with Gasteiger partial charge in [-0.25, -0.2) is 9.97 Å². The third-order valence-corrected chi connectivity index (χ3v) is 11.2. The Balaban J connectivity index is 1.44. The second kappa shape index (κ2) is 9.71. The smallest absolute Gasteiger partial charge is 0.235 e. The molecule has 0 N–H and O–H groups in total. The number of hydrogen-bond donors (Lipinski definition) is 0. The molecule has 1 aliphatic carbocycles. The molecule has 0 bridgehead atoms. The summed E-state index contributed by atoms with van der Waals surface area (Å²) in [5.74, 6) is 0.679. The first-order valence-electron chi connectivity index (χ1n) is 16.1. The molecule has 0 saturated heterocycles. The molecule has 3 aromatic heterocycles. The normalized spacial score (nSPS) is 13.5. The van der Waals surface area contributed by atoms with Gasteiger partial charge in [-0.3, -0.25) is 4.57 Å². The van der Waals surface area contributed by atoms with E-state index in [-0.39, 0.29) is 5.41 Å². The van der Waals surface area contributed by atoms with Gasteiger partial charge in [0.15, 0.2) is 0 Å². The van der Waals surface area contributed by atoms with Gasteiger partial charge < -0.3 is 0 Å². The van der Waals surface area contributed by atoms with Crippen LogP contribution in [-0.4, -0.2) is 14.5 Å². The van der Waals surface area contributed by atoms with Crippen molar-refractivity contribution in [2.45, 2.75) is 19.3 Å². The standard InChI is InChI=1S/C43H29N3S/c1-43(2)31-22-12-9-19-28(31)36-37-29-20-10-13-23-34(29)46(40(37)38-30-21-11-14-24-35(30)47-41(38)39(36)43)42-44-32(26-15-5-3-6-16-26)25-33(45-42)27-17-7-4-8-18-27/h3-25H,1-2H3. The Morgan fingerprint density at radius 1 is 0.596 bits per heavy atom. The highest BCUT2D eigenvalue weighted by Crippen LogP contribution is 2.58. The van der Waals surface area contributed by atoms with E-state index < -0.39 is 0 Å². The topological polar surface area (TPSA) is 30.7 Å². The SMILES string of the molecule is CC1(C)c2ccccc2-c2c1c1sc3ccccc3c1c1c2c2ccccc2n1-c1nc(-c2ccccc2)cc(-c2ccccc2)n1. The van der Waals surface area contributed by atoms with Gasteiger partial charge in [0.1, 0.15) is 0 Å². The number of aromatic nitrogens is 3. The molecular formula is C43H29N3S. The summed E-state index contributed by atoms with van der Waals surface area (Å²) in [6.45, 7) is 4.79. The van der Waals surface area contributed by atoms with E-state index in [2.05, 4.69) is 158 Å². The summed E-state index contributed by atoms with van der Waals surface area (Å²) in [7, 11) is 0. The molecule has 47 heavy (non-hydrogen) atoms. The Morgan fingerprint density at radius 3 is 1.91 bits per heavy atom. The van der Waals surface area contributed by atoms with Crippen LogP contribution in [-0.2, 0) is 5.41 Å². The highest BCUT2D eigenvalue weighted by Gasteiger charge is 2.40. The molecule has 222 valence electrons. The molecule has 6 aromatic carbocycles. The van der Waals surface area contributed by atoms with Gasteiger partial charge in [0.2, 0.25) is 5.95 Å². The van der Waals surface area contributed by atoms with E-state index in [0.29, 0.717) is 5.95 Å². The summed E-state index contributed by atoms with van der Waals surface area (Å²) in [6, 6.07) is 49.7. The number of para-hydroxylation sites is 1. The van der Waals surface area contributed by atoms with Crippen LogP contribution < -0.4 is 0 Å². The van der Waals surface area contributed by atoms with Crippen LogP contribution in [0.5, 0.6) is 0 Å². The van der Waals surface area contributed by atoms with Crippen LogP contribution >= 0.6 is 11.3 Å². The molecule has 4 heteroatoms. The summed E-state index contributed by atoms with van der Waals surface area (Å²) in [4.78, 5) is 10.7. The highest BCUT2D eigenvalue weighted by molar-refractivity contribution is 7.26. The third-order valence-electron chi connectivity index (χ3n) is 9.98. The zero-order valence-electron chi connectivity index (χ0n) is 26.0. The number of hydrogen-bond acceptors (Lipinski definition) is 3. The largest absolute Gasteiger partial charge is 0.277 e. The van der Waals surface area contributed by atoms with E-state index in [1.807, 2.05) is 11.3 Å². The molecule has 0 spiro atoms. The minimum Gasteiger partial charge on any atom is -0.277 e. The molecular weight excluding hydrogens is 591 g/mol. The molecule has 0 unspecified atom stereocenters. The lowest BCUT2D eigenvalue weighted by atomic mass is 9.81. The zero-order valence-corrected chi connectivity index (χ0v) is 26.8. The van der Waals surface area contributed by atoms with Gasteiger partial charge in [-0.2, -0.15) is 0 Å². The van der Waals surface area contributed by atoms with E-state index in [1.165, 1.54) is 58.7 Å². The van der Waals surface area contributed by atoms with Gasteiger partial charge >= 0.3 is 0 Å². The quantitative estimate of drug-likeness (QED) is 0.197. The van der Waals surface area contributed by atoms with Crippen LogP contribution in [0.25, 0.3) is 81.6 Å². The molecule has 10 rings (SSSR count). The Morgan fingerprint density at radius 2 is 1.19 bits per heavy atom. The van der Waals surface area contributed by atoms with E-state index in [1.54, 1.807) is 0 Å². The molecule has 0 atom stereocenters. The maximum atomic E-state index is 5.36. The molecule has 0 fully saturated rings. The maximum absolute atomic E-state index is 5.36. The average molecular weight is 620 g/mol. The average Bonchev–Trinajstić information content (AvgIpc) is 3.75. The van der Waals surface area contributed by atoms with Gasteiger partial charge in [0.25, 0.3) is 0 Å². The van der Waals surface area contributed by atoms with Crippen molar-refractivity contribution >= 4 is 53.3 Å². The second-order valence-electron chi connectivity index (χ2n) is 13.0. The fourth-order valence-electron chi connectivity index (χ4n) is 7.93. The first-order chi connectivity index (χ1) is 23.1. The van der Waals surface area contributed by atoms with Gasteiger partial charge in [-0.1, -0.05) is 135 Å². The molecule has 0 amide bonds. The minimum atomic E-state index is -0.146. The van der Waals surface area contributed by atoms with Crippen molar-refractivity contribution in [1.29, 1.82) is 0 Å². The molecule has 0 aliphatic heterocycles. The summed E-state index contributed by atoms with van der Waals surface area (Å²) in [5.41, 5.74) is 11.6. The van der Waals surface area contributed by atoms with Crippen LogP contribution in [0.1, 0.15) is 25.0 Å². The predicted octanol–water partition coefficient (Wildman–Crippen LogP) is 11.6. The van der Waals surface area contributed by atoms with Crippen molar-refractivity contribution in [2.75, 3.05) is 0 Å². The van der Waals surface area contributed by atoms with E-state index in [4.69, 9.17) is 9.97 Å². The Hall–Kier alpha value is -5.58. The number of fused-ring (bicyclic) bond motifs is 12. The lowest BCUT2D eigenvalue weighted by Crippen LogP contribution is -2.15. The molecule has 3 nitrogen and oxygen atoms in total. The van der Waals surface area contributed by atoms with E-state index >= 15 is 0 Å². The zero-order chi connectivity index (χ0) is 31.3. The Kier molecular flexibility index (Phi) is 5.50. The van der Waals surface area contributed by atoms with E-state index in [0.717, 1.165) is 28.0 Å². The maximum Gasteiger partial charge on any atom is 0.235 e. The van der Waals surface area contributed by atoms with Crippen molar-refractivity contribution in [2.24, 2.45) is 0 Å². The monoisotopic (exact) mass is 619 g/mol. The van der Waals surface area contributed by atoms with Gasteiger partial charge in [-0.05, 0) is 40.5 Å². The van der Waals surface area contributed by atoms with Crippen molar-refractivity contribution < 1.29 is 0 Å². The van der Waals surface area contributed by atoms with Crippen LogP contribution in [0.4, 0.5) is 0 Å². The van der Waals surface area contributed by atoms with Crippen molar-refractivity contribution in [3.8, 4) is 39.6 Å². The Bertz CT molecular complexity index is 2640. The molecule has 9 aromatic rings. The number of benzene rings is 6. The summed E-state index contributed by atoms with van der Waals surface area (Å²) in [5, 5.41) is 5.06.